The van der Waals surface area contributed by atoms with Gasteiger partial charge in [-0.15, -0.1) is 0 Å². The first-order valence-electron chi connectivity index (χ1n) is 5.51. The highest BCUT2D eigenvalue weighted by Gasteiger charge is 2.54. The molecule has 6 nitrogen and oxygen atoms in total. The van der Waals surface area contributed by atoms with Crippen molar-refractivity contribution in [2.45, 2.75) is 37.4 Å². The second kappa shape index (κ2) is 4.33. The highest BCUT2D eigenvalue weighted by atomic mass is 19.1. The van der Waals surface area contributed by atoms with Crippen LogP contribution >= 0.6 is 0 Å². The smallest absolute Gasteiger partial charge is 0.330 e. The zero-order chi connectivity index (χ0) is 13.5. The maximum Gasteiger partial charge on any atom is 0.330 e. The highest BCUT2D eigenvalue weighted by Crippen LogP contribution is 2.41. The van der Waals surface area contributed by atoms with Gasteiger partial charge in [-0.25, -0.2) is 9.18 Å². The lowest BCUT2D eigenvalue weighted by molar-refractivity contribution is -0.0500. The van der Waals surface area contributed by atoms with E-state index in [4.69, 9.17) is 4.74 Å². The van der Waals surface area contributed by atoms with Crippen LogP contribution in [0.2, 0.25) is 0 Å². The quantitative estimate of drug-likeness (QED) is 0.765. The van der Waals surface area contributed by atoms with E-state index in [1.165, 1.54) is 0 Å². The molecule has 0 saturated carbocycles. The Morgan fingerprint density at radius 1 is 1.67 bits per heavy atom. The van der Waals surface area contributed by atoms with E-state index in [2.05, 4.69) is 6.92 Å². The number of hydrogen-bond donors (Lipinski definition) is 2. The molecule has 99 valence electrons. The first-order chi connectivity index (χ1) is 8.37. The van der Waals surface area contributed by atoms with Gasteiger partial charge in [-0.2, -0.15) is 0 Å². The van der Waals surface area contributed by atoms with Crippen molar-refractivity contribution < 1.29 is 14.2 Å². The van der Waals surface area contributed by atoms with Crippen molar-refractivity contribution in [1.82, 2.24) is 9.55 Å². The van der Waals surface area contributed by atoms with Crippen molar-refractivity contribution in [2.24, 2.45) is 0 Å². The zero-order valence-electron chi connectivity index (χ0n) is 9.80. The van der Waals surface area contributed by atoms with Gasteiger partial charge < -0.3 is 9.84 Å². The minimum atomic E-state index is -2.13. The molecular weight excluding hydrogens is 243 g/mol. The summed E-state index contributed by atoms with van der Waals surface area (Å²) in [7, 11) is 0. The Kier molecular flexibility index (Phi) is 3.12. The fraction of sp³-hybridized carbons (Fsp3) is 0.545. The number of H-pyrrole nitrogens is 1. The largest absolute Gasteiger partial charge is 0.387 e. The van der Waals surface area contributed by atoms with E-state index in [0.29, 0.717) is 0 Å². The molecule has 1 fully saturated rings. The molecule has 0 aromatic carbocycles. The van der Waals surface area contributed by atoms with E-state index in [0.717, 1.165) is 23.8 Å². The first kappa shape index (κ1) is 13.0. The van der Waals surface area contributed by atoms with Gasteiger partial charge in [0.15, 0.2) is 11.9 Å². The number of aromatic amines is 1. The number of rotatable bonds is 2. The molecule has 0 bridgehead atoms. The van der Waals surface area contributed by atoms with Crippen LogP contribution in [0.5, 0.6) is 0 Å². The van der Waals surface area contributed by atoms with Crippen molar-refractivity contribution >= 4 is 0 Å². The molecule has 18 heavy (non-hydrogen) atoms. The average molecular weight is 257 g/mol. The molecule has 2 rings (SSSR count). The Morgan fingerprint density at radius 3 is 2.83 bits per heavy atom. The lowest BCUT2D eigenvalue weighted by Gasteiger charge is -2.24. The number of ether oxygens (including phenoxy) is 1. The molecular formula is C11H14FN2O4. The first-order valence-corrected chi connectivity index (χ1v) is 5.51. The topological polar surface area (TPSA) is 84.3 Å². The zero-order valence-corrected chi connectivity index (χ0v) is 9.80. The fourth-order valence-corrected chi connectivity index (χ4v) is 2.06. The molecule has 2 heterocycles. The predicted octanol–water partition coefficient (Wildman–Crippen LogP) is -0.253. The number of nitrogens with one attached hydrogen (secondary N) is 1. The summed E-state index contributed by atoms with van der Waals surface area (Å²) in [5.41, 5.74) is -3.50. The van der Waals surface area contributed by atoms with Crippen LogP contribution in [0.4, 0.5) is 4.39 Å². The third-order valence-corrected chi connectivity index (χ3v) is 3.11. The van der Waals surface area contributed by atoms with Gasteiger partial charge >= 0.3 is 5.69 Å². The summed E-state index contributed by atoms with van der Waals surface area (Å²) < 4.78 is 20.6. The molecule has 2 N–H and O–H groups in total. The SMILES string of the molecule is [CH2]C[C@H]1O[C@@H](n2ccc(=O)[nH]c2=O)[C@](C)(F)[C@@H]1O. The van der Waals surface area contributed by atoms with E-state index in [1.54, 1.807) is 0 Å². The molecule has 1 radical (unpaired) electrons. The summed E-state index contributed by atoms with van der Waals surface area (Å²) in [5, 5.41) is 9.77. The van der Waals surface area contributed by atoms with Gasteiger partial charge in [-0.1, -0.05) is 6.92 Å². The lowest BCUT2D eigenvalue weighted by atomic mass is 9.97. The summed E-state index contributed by atoms with van der Waals surface area (Å²) in [4.78, 5) is 24.5. The van der Waals surface area contributed by atoms with Crippen molar-refractivity contribution in [1.29, 1.82) is 0 Å². The Hall–Kier alpha value is -1.47. The Morgan fingerprint density at radius 2 is 2.33 bits per heavy atom. The minimum Gasteiger partial charge on any atom is -0.387 e. The molecule has 7 heteroatoms. The number of alkyl halides is 1. The van der Waals surface area contributed by atoms with E-state index >= 15 is 0 Å². The monoisotopic (exact) mass is 257 g/mol. The molecule has 4 atom stereocenters. The van der Waals surface area contributed by atoms with Crippen LogP contribution in [-0.2, 0) is 4.74 Å². The van der Waals surface area contributed by atoms with Crippen LogP contribution in [0.15, 0.2) is 21.9 Å². The Bertz CT molecular complexity index is 550. The van der Waals surface area contributed by atoms with Crippen LogP contribution in [0.3, 0.4) is 0 Å². The molecule has 1 aromatic rings. The van der Waals surface area contributed by atoms with Gasteiger partial charge in [-0.3, -0.25) is 14.3 Å². The Labute approximate surface area is 102 Å². The average Bonchev–Trinajstić information content (AvgIpc) is 2.52. The van der Waals surface area contributed by atoms with Crippen LogP contribution in [-0.4, -0.2) is 32.5 Å². The van der Waals surface area contributed by atoms with Gasteiger partial charge in [0.25, 0.3) is 5.56 Å². The van der Waals surface area contributed by atoms with Gasteiger partial charge in [0.05, 0.1) is 6.10 Å². The van der Waals surface area contributed by atoms with Crippen LogP contribution in [0.25, 0.3) is 0 Å². The maximum absolute atomic E-state index is 14.4. The van der Waals surface area contributed by atoms with E-state index in [1.807, 2.05) is 4.98 Å². The standard InChI is InChI=1S/C11H14FN2O4/c1-3-6-8(16)11(2,12)9(18-6)14-5-4-7(15)13-10(14)17/h4-6,8-9,16H,1,3H2,2H3,(H,13,15,17)/t6-,8-,9-,11-/m1/s1. The summed E-state index contributed by atoms with van der Waals surface area (Å²) >= 11 is 0. The van der Waals surface area contributed by atoms with Gasteiger partial charge in [0, 0.05) is 12.3 Å². The summed E-state index contributed by atoms with van der Waals surface area (Å²) in [6, 6.07) is 1.09. The number of aromatic nitrogens is 2. The van der Waals surface area contributed by atoms with Gasteiger partial charge in [-0.05, 0) is 13.3 Å². The van der Waals surface area contributed by atoms with Crippen LogP contribution in [0, 0.1) is 6.92 Å². The third-order valence-electron chi connectivity index (χ3n) is 3.11. The van der Waals surface area contributed by atoms with Crippen molar-refractivity contribution in [3.63, 3.8) is 0 Å². The van der Waals surface area contributed by atoms with E-state index in [-0.39, 0.29) is 6.42 Å². The molecule has 0 unspecified atom stereocenters. The van der Waals surface area contributed by atoms with Crippen molar-refractivity contribution in [3.05, 3.63) is 40.0 Å². The molecule has 1 aliphatic rings. The van der Waals surface area contributed by atoms with Gasteiger partial charge in [0.2, 0.25) is 0 Å². The van der Waals surface area contributed by atoms with Crippen molar-refractivity contribution in [2.75, 3.05) is 0 Å². The highest BCUT2D eigenvalue weighted by molar-refractivity contribution is 5.01. The molecule has 0 aliphatic carbocycles. The van der Waals surface area contributed by atoms with Gasteiger partial charge in [0.1, 0.15) is 6.10 Å². The second-order valence-electron chi connectivity index (χ2n) is 4.43. The minimum absolute atomic E-state index is 0.176. The number of aliphatic hydroxyl groups is 1. The summed E-state index contributed by atoms with van der Waals surface area (Å²) in [5.74, 6) is 0. The molecule has 0 amide bonds. The number of nitrogens with zero attached hydrogens (tertiary/aromatic N) is 1. The molecule has 0 spiro atoms. The number of halogens is 1. The predicted molar refractivity (Wildman–Crippen MR) is 60.7 cm³/mol. The fourth-order valence-electron chi connectivity index (χ4n) is 2.06. The molecule has 1 aliphatic heterocycles. The normalized spacial score (nSPS) is 35.9. The second-order valence-corrected chi connectivity index (χ2v) is 4.43. The third kappa shape index (κ3) is 1.89. The summed E-state index contributed by atoms with van der Waals surface area (Å²) in [6.45, 7) is 4.70. The molecule has 1 saturated heterocycles. The van der Waals surface area contributed by atoms with Crippen LogP contribution in [0.1, 0.15) is 19.6 Å². The number of aliphatic hydroxyl groups excluding tert-OH is 1. The maximum atomic E-state index is 14.4. The van der Waals surface area contributed by atoms with E-state index < -0.39 is 35.4 Å². The van der Waals surface area contributed by atoms with E-state index in [9.17, 15) is 19.1 Å². The lowest BCUT2D eigenvalue weighted by Crippen LogP contribution is -2.43. The molecule has 1 aromatic heterocycles. The summed E-state index contributed by atoms with van der Waals surface area (Å²) in [6.07, 6.45) is -2.14. The number of hydrogen-bond acceptors (Lipinski definition) is 4. The van der Waals surface area contributed by atoms with Crippen LogP contribution < -0.4 is 11.2 Å². The van der Waals surface area contributed by atoms with Crippen molar-refractivity contribution in [3.8, 4) is 0 Å². The Balaban J connectivity index is 2.45.